The van der Waals surface area contributed by atoms with Gasteiger partial charge in [0.15, 0.2) is 0 Å². The summed E-state index contributed by atoms with van der Waals surface area (Å²) in [6, 6.07) is 10.4. The van der Waals surface area contributed by atoms with Crippen molar-refractivity contribution in [2.75, 3.05) is 49.5 Å². The lowest BCUT2D eigenvalue weighted by atomic mass is 10.0. The lowest BCUT2D eigenvalue weighted by molar-refractivity contribution is -0.130. The Hall–Kier alpha value is -5.10. The molecular formula is C33H33FN8O3. The molecule has 0 aliphatic carbocycles. The second-order valence-electron chi connectivity index (χ2n) is 11.4. The summed E-state index contributed by atoms with van der Waals surface area (Å²) >= 11 is 0. The van der Waals surface area contributed by atoms with E-state index < -0.39 is 0 Å². The van der Waals surface area contributed by atoms with Gasteiger partial charge < -0.3 is 24.9 Å². The van der Waals surface area contributed by atoms with Crippen LogP contribution in [0.2, 0.25) is 0 Å². The van der Waals surface area contributed by atoms with Crippen molar-refractivity contribution in [3.8, 4) is 22.4 Å². The fourth-order valence-electron chi connectivity index (χ4n) is 6.04. The number of aromatic nitrogens is 4. The summed E-state index contributed by atoms with van der Waals surface area (Å²) in [5.41, 5.74) is 4.44. The molecule has 45 heavy (non-hydrogen) atoms. The number of fused-ring (bicyclic) bond motifs is 1. The van der Waals surface area contributed by atoms with Crippen LogP contribution in [0.1, 0.15) is 18.4 Å². The number of anilines is 3. The Bertz CT molecular complexity index is 1930. The zero-order chi connectivity index (χ0) is 30.9. The average molecular weight is 609 g/mol. The molecule has 6 heterocycles. The van der Waals surface area contributed by atoms with Gasteiger partial charge in [0.1, 0.15) is 18.0 Å². The number of aryl methyl sites for hydroxylation is 1. The molecule has 0 spiro atoms. The third-order valence-corrected chi connectivity index (χ3v) is 8.46. The molecule has 0 bridgehead atoms. The van der Waals surface area contributed by atoms with Gasteiger partial charge in [0.2, 0.25) is 11.9 Å². The molecule has 0 unspecified atom stereocenters. The molecule has 2 N–H and O–H groups in total. The number of nitrogens with zero attached hydrogens (tertiary/aromatic N) is 6. The molecule has 2 aliphatic heterocycles. The molecular weight excluding hydrogens is 575 g/mol. The summed E-state index contributed by atoms with van der Waals surface area (Å²) in [6.45, 7) is 6.17. The first-order valence-electron chi connectivity index (χ1n) is 15.1. The highest BCUT2D eigenvalue weighted by molar-refractivity contribution is 5.85. The number of carbonyl (C=O) groups excluding carboxylic acids is 1. The molecule has 7 rings (SSSR count). The molecule has 230 valence electrons. The Morgan fingerprint density at radius 3 is 2.58 bits per heavy atom. The highest BCUT2D eigenvalue weighted by Gasteiger charge is 2.23. The summed E-state index contributed by atoms with van der Waals surface area (Å²) in [4.78, 5) is 44.9. The molecule has 0 saturated carbocycles. The van der Waals surface area contributed by atoms with Crippen LogP contribution >= 0.6 is 0 Å². The van der Waals surface area contributed by atoms with Crippen molar-refractivity contribution in [1.82, 2.24) is 29.7 Å². The van der Waals surface area contributed by atoms with E-state index in [-0.39, 0.29) is 29.8 Å². The molecule has 1 aromatic carbocycles. The summed E-state index contributed by atoms with van der Waals surface area (Å²) in [7, 11) is 0. The number of likely N-dealkylation sites (tertiary alicyclic amines) is 1. The van der Waals surface area contributed by atoms with E-state index in [1.807, 2.05) is 24.0 Å². The molecule has 2 saturated heterocycles. The van der Waals surface area contributed by atoms with Gasteiger partial charge in [0.25, 0.3) is 5.56 Å². The van der Waals surface area contributed by atoms with E-state index in [4.69, 9.17) is 4.42 Å². The molecule has 2 aliphatic rings. The SMILES string of the molecule is Cc1cc(-c2ccoc2)ncc1-c1cc2cnc(Nc3ccc(N4CCNCC4)c(F)c3)nc2n(CC(=O)N2CCCC2)c1=O. The van der Waals surface area contributed by atoms with Crippen molar-refractivity contribution in [2.24, 2.45) is 0 Å². The lowest BCUT2D eigenvalue weighted by Gasteiger charge is -2.29. The molecule has 4 aromatic heterocycles. The van der Waals surface area contributed by atoms with E-state index in [1.54, 1.807) is 48.0 Å². The van der Waals surface area contributed by atoms with Gasteiger partial charge in [-0.1, -0.05) is 0 Å². The van der Waals surface area contributed by atoms with Crippen molar-refractivity contribution in [3.05, 3.63) is 83.1 Å². The van der Waals surface area contributed by atoms with E-state index in [2.05, 4.69) is 25.6 Å². The quantitative estimate of drug-likeness (QED) is 0.278. The van der Waals surface area contributed by atoms with E-state index in [0.29, 0.717) is 46.6 Å². The fraction of sp³-hybridized carbons (Fsp3) is 0.303. The Morgan fingerprint density at radius 1 is 1.02 bits per heavy atom. The Morgan fingerprint density at radius 2 is 1.84 bits per heavy atom. The van der Waals surface area contributed by atoms with Gasteiger partial charge in [0.05, 0.1) is 23.9 Å². The monoisotopic (exact) mass is 608 g/mol. The lowest BCUT2D eigenvalue weighted by Crippen LogP contribution is -2.43. The summed E-state index contributed by atoms with van der Waals surface area (Å²) in [6.07, 6.45) is 8.36. The van der Waals surface area contributed by atoms with Crippen molar-refractivity contribution < 1.29 is 13.6 Å². The summed E-state index contributed by atoms with van der Waals surface area (Å²) < 4.78 is 21.7. The second kappa shape index (κ2) is 12.1. The molecule has 2 fully saturated rings. The third kappa shape index (κ3) is 5.76. The number of carbonyl (C=O) groups is 1. The van der Waals surface area contributed by atoms with E-state index in [0.717, 1.165) is 55.8 Å². The van der Waals surface area contributed by atoms with Gasteiger partial charge in [0, 0.05) is 79.4 Å². The first-order valence-corrected chi connectivity index (χ1v) is 15.1. The van der Waals surface area contributed by atoms with Crippen molar-refractivity contribution in [2.45, 2.75) is 26.3 Å². The smallest absolute Gasteiger partial charge is 0.260 e. The number of nitrogens with one attached hydrogen (secondary N) is 2. The minimum Gasteiger partial charge on any atom is -0.472 e. The van der Waals surface area contributed by atoms with Crippen LogP contribution in [0.15, 0.2) is 70.5 Å². The maximum atomic E-state index is 15.1. The van der Waals surface area contributed by atoms with Crippen molar-refractivity contribution >= 4 is 34.3 Å². The Labute approximate surface area is 258 Å². The topological polar surface area (TPSA) is 121 Å². The first kappa shape index (κ1) is 28.7. The van der Waals surface area contributed by atoms with Crippen LogP contribution in [-0.4, -0.2) is 69.6 Å². The second-order valence-corrected chi connectivity index (χ2v) is 11.4. The predicted octanol–water partition coefficient (Wildman–Crippen LogP) is 4.34. The zero-order valence-corrected chi connectivity index (χ0v) is 24.9. The van der Waals surface area contributed by atoms with Gasteiger partial charge in [-0.2, -0.15) is 4.98 Å². The number of furan rings is 1. The number of amides is 1. The maximum absolute atomic E-state index is 15.1. The van der Waals surface area contributed by atoms with Crippen LogP contribution in [0.5, 0.6) is 0 Å². The highest BCUT2D eigenvalue weighted by atomic mass is 19.1. The highest BCUT2D eigenvalue weighted by Crippen LogP contribution is 2.28. The molecule has 0 radical (unpaired) electrons. The van der Waals surface area contributed by atoms with E-state index >= 15 is 4.39 Å². The Kier molecular flexibility index (Phi) is 7.72. The minimum atomic E-state index is -0.355. The van der Waals surface area contributed by atoms with Crippen LogP contribution in [0, 0.1) is 12.7 Å². The minimum absolute atomic E-state index is 0.142. The molecule has 12 heteroatoms. The number of rotatable bonds is 7. The number of benzene rings is 1. The number of halogens is 1. The van der Waals surface area contributed by atoms with Crippen molar-refractivity contribution in [3.63, 3.8) is 0 Å². The first-order chi connectivity index (χ1) is 21.9. The molecule has 0 atom stereocenters. The summed E-state index contributed by atoms with van der Waals surface area (Å²) in [5, 5.41) is 6.94. The normalized spacial score (nSPS) is 15.2. The van der Waals surface area contributed by atoms with Crippen molar-refractivity contribution in [1.29, 1.82) is 0 Å². The maximum Gasteiger partial charge on any atom is 0.260 e. The van der Waals surface area contributed by atoms with E-state index in [1.165, 1.54) is 10.6 Å². The van der Waals surface area contributed by atoms with Gasteiger partial charge in [-0.15, -0.1) is 0 Å². The molecule has 11 nitrogen and oxygen atoms in total. The van der Waals surface area contributed by atoms with Gasteiger partial charge >= 0.3 is 0 Å². The third-order valence-electron chi connectivity index (χ3n) is 8.46. The number of piperazine rings is 1. The number of pyridine rings is 2. The standard InChI is InChI=1S/C33H33FN8O3/c1-21-14-28(22-6-13-45-20-22)36-18-26(21)25-15-23-17-37-33(38-24-4-5-29(27(34)16-24)40-11-7-35-8-12-40)39-31(23)42(32(25)44)19-30(43)41-9-2-3-10-41/h4-6,13-18,20,35H,2-3,7-12,19H2,1H3,(H,37,38,39). The van der Waals surface area contributed by atoms with Crippen LogP contribution in [0.4, 0.5) is 21.7 Å². The van der Waals surface area contributed by atoms with Gasteiger partial charge in [-0.25, -0.2) is 9.37 Å². The van der Waals surface area contributed by atoms with Crippen LogP contribution in [0.3, 0.4) is 0 Å². The zero-order valence-electron chi connectivity index (χ0n) is 24.9. The largest absolute Gasteiger partial charge is 0.472 e. The van der Waals surface area contributed by atoms with Crippen LogP contribution in [-0.2, 0) is 11.3 Å². The number of hydrogen-bond donors (Lipinski definition) is 2. The van der Waals surface area contributed by atoms with E-state index in [9.17, 15) is 9.59 Å². The van der Waals surface area contributed by atoms with Gasteiger partial charge in [-0.3, -0.25) is 19.1 Å². The number of hydrogen-bond acceptors (Lipinski definition) is 9. The van der Waals surface area contributed by atoms with Crippen LogP contribution < -0.4 is 21.1 Å². The molecule has 5 aromatic rings. The Balaban J connectivity index is 1.26. The predicted molar refractivity (Wildman–Crippen MR) is 170 cm³/mol. The fourth-order valence-corrected chi connectivity index (χ4v) is 6.04. The molecule has 1 amide bonds. The summed E-state index contributed by atoms with van der Waals surface area (Å²) in [5.74, 6) is -0.297. The van der Waals surface area contributed by atoms with Crippen LogP contribution in [0.25, 0.3) is 33.4 Å². The van der Waals surface area contributed by atoms with Gasteiger partial charge in [-0.05, 0) is 61.7 Å². The average Bonchev–Trinajstić information content (AvgIpc) is 3.79.